The van der Waals surface area contributed by atoms with Gasteiger partial charge in [0.2, 0.25) is 0 Å². The van der Waals surface area contributed by atoms with Crippen LogP contribution in [0.3, 0.4) is 0 Å². The molecular formula is C9H11N3O3. The van der Waals surface area contributed by atoms with Crippen molar-refractivity contribution < 1.29 is 14.6 Å². The maximum Gasteiger partial charge on any atom is 0.284 e. The predicted molar refractivity (Wildman–Crippen MR) is 54.8 cm³/mol. The Bertz CT molecular complexity index is 411. The van der Waals surface area contributed by atoms with Gasteiger partial charge >= 0.3 is 0 Å². The number of ether oxygens (including phenoxy) is 1. The van der Waals surface area contributed by atoms with Gasteiger partial charge < -0.3 is 21.3 Å². The zero-order valence-electron chi connectivity index (χ0n) is 8.10. The summed E-state index contributed by atoms with van der Waals surface area (Å²) in [7, 11) is 1.45. The number of phenols is 1. The average molecular weight is 209 g/mol. The second-order valence-electron chi connectivity index (χ2n) is 2.72. The third-order valence-electron chi connectivity index (χ3n) is 1.66. The lowest BCUT2D eigenvalue weighted by atomic mass is 10.2. The van der Waals surface area contributed by atoms with Crippen LogP contribution in [0.2, 0.25) is 0 Å². The van der Waals surface area contributed by atoms with Crippen molar-refractivity contribution in [1.29, 1.82) is 0 Å². The Morgan fingerprint density at radius 1 is 1.47 bits per heavy atom. The van der Waals surface area contributed by atoms with Gasteiger partial charge in [-0.3, -0.25) is 4.79 Å². The molecule has 0 spiro atoms. The van der Waals surface area contributed by atoms with Gasteiger partial charge in [0.05, 0.1) is 12.7 Å². The average Bonchev–Trinajstić information content (AvgIpc) is 2.17. The van der Waals surface area contributed by atoms with Gasteiger partial charge in [-0.25, -0.2) is 0 Å². The van der Waals surface area contributed by atoms with Crippen molar-refractivity contribution in [3.63, 3.8) is 0 Å². The van der Waals surface area contributed by atoms with E-state index in [1.54, 1.807) is 0 Å². The summed E-state index contributed by atoms with van der Waals surface area (Å²) in [6.45, 7) is 0. The van der Waals surface area contributed by atoms with E-state index in [2.05, 4.69) is 4.99 Å². The normalized spacial score (nSPS) is 9.40. The van der Waals surface area contributed by atoms with Crippen LogP contribution in [0.25, 0.3) is 0 Å². The summed E-state index contributed by atoms with van der Waals surface area (Å²) in [5.41, 5.74) is 10.1. The number of hydrogen-bond acceptors (Lipinski definition) is 3. The van der Waals surface area contributed by atoms with E-state index < -0.39 is 5.91 Å². The highest BCUT2D eigenvalue weighted by Gasteiger charge is 2.11. The van der Waals surface area contributed by atoms with E-state index in [0.29, 0.717) is 5.75 Å². The molecule has 6 heteroatoms. The van der Waals surface area contributed by atoms with Crippen LogP contribution in [0.5, 0.6) is 11.5 Å². The van der Waals surface area contributed by atoms with Crippen molar-refractivity contribution in [2.75, 3.05) is 7.11 Å². The van der Waals surface area contributed by atoms with Crippen LogP contribution < -0.4 is 16.2 Å². The van der Waals surface area contributed by atoms with E-state index in [-0.39, 0.29) is 17.3 Å². The van der Waals surface area contributed by atoms with Gasteiger partial charge in [0.25, 0.3) is 5.91 Å². The SMILES string of the molecule is COc1ccc(O)c(C(=O)N=C(N)N)c1. The first-order valence-corrected chi connectivity index (χ1v) is 4.05. The van der Waals surface area contributed by atoms with Crippen molar-refractivity contribution in [1.82, 2.24) is 0 Å². The topological polar surface area (TPSA) is 111 Å². The number of nitrogens with two attached hydrogens (primary N) is 2. The summed E-state index contributed by atoms with van der Waals surface area (Å²) >= 11 is 0. The Morgan fingerprint density at radius 2 is 2.13 bits per heavy atom. The first-order valence-electron chi connectivity index (χ1n) is 4.05. The number of guanidine groups is 1. The molecule has 0 saturated heterocycles. The quantitative estimate of drug-likeness (QED) is 0.462. The van der Waals surface area contributed by atoms with Crippen molar-refractivity contribution >= 4 is 11.9 Å². The zero-order valence-corrected chi connectivity index (χ0v) is 8.10. The van der Waals surface area contributed by atoms with Crippen molar-refractivity contribution in [2.24, 2.45) is 16.5 Å². The predicted octanol–water partition coefficient (Wildman–Crippen LogP) is -0.186. The molecule has 0 saturated carbocycles. The third-order valence-corrected chi connectivity index (χ3v) is 1.66. The minimum Gasteiger partial charge on any atom is -0.507 e. The zero-order chi connectivity index (χ0) is 11.4. The van der Waals surface area contributed by atoms with Gasteiger partial charge in [0.15, 0.2) is 5.96 Å². The van der Waals surface area contributed by atoms with E-state index in [4.69, 9.17) is 16.2 Å². The van der Waals surface area contributed by atoms with Gasteiger partial charge in [0.1, 0.15) is 11.5 Å². The van der Waals surface area contributed by atoms with Gasteiger partial charge in [-0.2, -0.15) is 4.99 Å². The molecule has 0 aliphatic rings. The van der Waals surface area contributed by atoms with E-state index in [1.165, 1.54) is 25.3 Å². The summed E-state index contributed by atoms with van der Waals surface area (Å²) in [5.74, 6) is -0.846. The molecule has 6 nitrogen and oxygen atoms in total. The number of methoxy groups -OCH3 is 1. The van der Waals surface area contributed by atoms with E-state index >= 15 is 0 Å². The number of rotatable bonds is 2. The largest absolute Gasteiger partial charge is 0.507 e. The minimum absolute atomic E-state index is 0.0113. The van der Waals surface area contributed by atoms with Gasteiger partial charge in [0, 0.05) is 0 Å². The fourth-order valence-electron chi connectivity index (χ4n) is 0.991. The highest BCUT2D eigenvalue weighted by Crippen LogP contribution is 2.23. The maximum atomic E-state index is 11.4. The van der Waals surface area contributed by atoms with Crippen LogP contribution in [-0.2, 0) is 0 Å². The summed E-state index contributed by atoms with van der Waals surface area (Å²) in [5, 5.41) is 9.39. The molecule has 1 aromatic carbocycles. The fourth-order valence-corrected chi connectivity index (χ4v) is 0.991. The lowest BCUT2D eigenvalue weighted by molar-refractivity contribution is 0.1000. The maximum absolute atomic E-state index is 11.4. The van der Waals surface area contributed by atoms with Crippen molar-refractivity contribution in [3.8, 4) is 11.5 Å². The number of carbonyl (C=O) groups is 1. The van der Waals surface area contributed by atoms with E-state index in [0.717, 1.165) is 0 Å². The number of aliphatic imine (C=N–C) groups is 1. The molecule has 0 radical (unpaired) electrons. The number of aromatic hydroxyl groups is 1. The molecule has 0 bridgehead atoms. The van der Waals surface area contributed by atoms with E-state index in [9.17, 15) is 9.90 Å². The Balaban J connectivity index is 3.12. The smallest absolute Gasteiger partial charge is 0.284 e. The Hall–Kier alpha value is -2.24. The highest BCUT2D eigenvalue weighted by atomic mass is 16.5. The van der Waals surface area contributed by atoms with Gasteiger partial charge in [-0.1, -0.05) is 0 Å². The van der Waals surface area contributed by atoms with Crippen LogP contribution >= 0.6 is 0 Å². The molecule has 5 N–H and O–H groups in total. The van der Waals surface area contributed by atoms with Gasteiger partial charge in [-0.05, 0) is 18.2 Å². The molecule has 1 aromatic rings. The number of hydrogen-bond donors (Lipinski definition) is 3. The summed E-state index contributed by atoms with van der Waals surface area (Å²) in [6.07, 6.45) is 0. The van der Waals surface area contributed by atoms with E-state index in [1.807, 2.05) is 0 Å². The summed E-state index contributed by atoms with van der Waals surface area (Å²) < 4.78 is 4.89. The molecule has 0 unspecified atom stereocenters. The van der Waals surface area contributed by atoms with Crippen LogP contribution in [0.1, 0.15) is 10.4 Å². The minimum atomic E-state index is -0.716. The van der Waals surface area contributed by atoms with Crippen molar-refractivity contribution in [3.05, 3.63) is 23.8 Å². The molecule has 1 amide bonds. The first-order chi connectivity index (χ1) is 7.04. The van der Waals surface area contributed by atoms with Crippen molar-refractivity contribution in [2.45, 2.75) is 0 Å². The molecule has 80 valence electrons. The monoisotopic (exact) mass is 209 g/mol. The molecule has 15 heavy (non-hydrogen) atoms. The lowest BCUT2D eigenvalue weighted by Gasteiger charge is -2.03. The molecule has 0 aliphatic carbocycles. The first kappa shape index (κ1) is 10.8. The second-order valence-corrected chi connectivity index (χ2v) is 2.72. The molecule has 0 atom stereocenters. The molecule has 0 aromatic heterocycles. The standard InChI is InChI=1S/C9H11N3O3/c1-15-5-2-3-7(13)6(4-5)8(14)12-9(10)11/h2-4,13H,1H3,(H4,10,11,12,14). The fraction of sp³-hybridized carbons (Fsp3) is 0.111. The lowest BCUT2D eigenvalue weighted by Crippen LogP contribution is -2.24. The molecular weight excluding hydrogens is 198 g/mol. The molecule has 0 fully saturated rings. The summed E-state index contributed by atoms with van der Waals surface area (Å²) in [6, 6.07) is 4.19. The summed E-state index contributed by atoms with van der Waals surface area (Å²) in [4.78, 5) is 14.7. The van der Waals surface area contributed by atoms with Gasteiger partial charge in [-0.15, -0.1) is 0 Å². The number of carbonyl (C=O) groups excluding carboxylic acids is 1. The number of amides is 1. The number of benzene rings is 1. The number of nitrogens with zero attached hydrogens (tertiary/aromatic N) is 1. The third kappa shape index (κ3) is 2.60. The van der Waals surface area contributed by atoms with Crippen LogP contribution in [0.15, 0.2) is 23.2 Å². The van der Waals surface area contributed by atoms with Crippen LogP contribution in [-0.4, -0.2) is 24.1 Å². The second kappa shape index (κ2) is 4.32. The molecule has 1 rings (SSSR count). The Labute approximate surface area is 86.2 Å². The van der Waals surface area contributed by atoms with Crippen LogP contribution in [0, 0.1) is 0 Å². The number of phenolic OH excluding ortho intramolecular Hbond substituents is 1. The highest BCUT2D eigenvalue weighted by molar-refractivity contribution is 6.03. The Morgan fingerprint density at radius 3 is 2.67 bits per heavy atom. The molecule has 0 heterocycles. The Kier molecular flexibility index (Phi) is 3.12. The molecule has 0 aliphatic heterocycles. The van der Waals surface area contributed by atoms with Crippen LogP contribution in [0.4, 0.5) is 0 Å².